The van der Waals surface area contributed by atoms with E-state index >= 15 is 0 Å². The van der Waals surface area contributed by atoms with Crippen molar-refractivity contribution in [2.45, 2.75) is 64.6 Å². The van der Waals surface area contributed by atoms with Crippen molar-refractivity contribution in [3.8, 4) is 0 Å². The lowest BCUT2D eigenvalue weighted by molar-refractivity contribution is -0.384. The number of allylic oxidation sites excluding steroid dienone is 3. The highest BCUT2D eigenvalue weighted by molar-refractivity contribution is 6.06. The van der Waals surface area contributed by atoms with Crippen LogP contribution in [0.4, 0.5) is 17.1 Å². The lowest BCUT2D eigenvalue weighted by Crippen LogP contribution is -2.54. The highest BCUT2D eigenvalue weighted by atomic mass is 16.6. The third-order valence-electron chi connectivity index (χ3n) is 9.82. The van der Waals surface area contributed by atoms with Crippen molar-refractivity contribution in [2.75, 3.05) is 17.7 Å². The maximum Gasteiger partial charge on any atom is 0.335 e. The zero-order valence-corrected chi connectivity index (χ0v) is 37.7. The molecule has 0 fully saturated rings. The minimum absolute atomic E-state index is 0.000144. The average molecular weight is 949 g/mol. The number of benzene rings is 3. The number of aliphatic hydroxyl groups is 1. The molecule has 5 amide bonds. The Balaban J connectivity index is 1.28. The third-order valence-corrected chi connectivity index (χ3v) is 9.82. The molecule has 3 unspecified atom stereocenters. The molecule has 2 aliphatic rings. The molecular formula is C48H48N6O15. The first kappa shape index (κ1) is 51.3. The number of aliphatic carboxylic acids is 2. The molecule has 0 saturated carbocycles. The second-order valence-electron chi connectivity index (χ2n) is 15.6. The monoisotopic (exact) mass is 948 g/mol. The van der Waals surface area contributed by atoms with E-state index in [0.29, 0.717) is 0 Å². The molecule has 3 aromatic rings. The Kier molecular flexibility index (Phi) is 17.2. The molecule has 0 aromatic heterocycles. The SMILES string of the molecule is COC(C(=O)O)C(NC(=O)c1ccc(NC(=O)c2ccc([N+](=O)[O-])cc2)cc1)C(=O)Nc1ccc(C(=O)NC2=C(OC(C)C)C(O)=C(C(=O)NC3=CC(OC(C)C)C=C(C(=O)O)C=C3)CC=C2)cc1. The van der Waals surface area contributed by atoms with Crippen LogP contribution in [-0.4, -0.2) is 99.3 Å². The first-order valence-electron chi connectivity index (χ1n) is 21.0. The number of nitrogens with one attached hydrogen (secondary N) is 5. The highest BCUT2D eigenvalue weighted by Crippen LogP contribution is 2.27. The quantitative estimate of drug-likeness (QED) is 0.0566. The Morgan fingerprint density at radius 1 is 0.696 bits per heavy atom. The van der Waals surface area contributed by atoms with Crippen molar-refractivity contribution in [3.05, 3.63) is 170 Å². The molecule has 0 heterocycles. The smallest absolute Gasteiger partial charge is 0.335 e. The van der Waals surface area contributed by atoms with Gasteiger partial charge in [-0.3, -0.25) is 34.1 Å². The zero-order valence-electron chi connectivity index (χ0n) is 37.7. The summed E-state index contributed by atoms with van der Waals surface area (Å²) >= 11 is 0. The van der Waals surface area contributed by atoms with Gasteiger partial charge in [-0.1, -0.05) is 6.08 Å². The molecule has 0 bridgehead atoms. The summed E-state index contributed by atoms with van der Waals surface area (Å²) < 4.78 is 16.7. The standard InChI is InChI=1S/C48H48N6O15/c1-25(2)68-35-23-30(47(61)62)13-20-33(24-35)51-45(59)36-7-6-8-37(40(39(36)55)69-26(3)4)52-43(57)27-9-18-32(19-10-27)50-46(60)38(41(67-5)48(63)64)53-44(58)28-11-16-31(17-12-28)49-42(56)29-14-21-34(22-15-29)54(65)66/h6,8-26,35,38,41,55H,7H2,1-5H3,(H,49,56)(H,50,60)(H,51,59)(H,52,57)(H,53,58)(H,61,62)(H,63,64). The molecule has 5 rings (SSSR count). The molecule has 21 nitrogen and oxygen atoms in total. The van der Waals surface area contributed by atoms with Crippen LogP contribution in [0.1, 0.15) is 65.2 Å². The number of aliphatic hydroxyl groups excluding tert-OH is 1. The second-order valence-corrected chi connectivity index (χ2v) is 15.6. The number of non-ortho nitro benzene ring substituents is 1. The van der Waals surface area contributed by atoms with E-state index in [1.807, 2.05) is 0 Å². The molecule has 3 aromatic carbocycles. The fourth-order valence-corrected chi connectivity index (χ4v) is 6.55. The summed E-state index contributed by atoms with van der Waals surface area (Å²) in [5.41, 5.74) is 0.332. The van der Waals surface area contributed by atoms with Crippen molar-refractivity contribution >= 4 is 58.5 Å². The van der Waals surface area contributed by atoms with Gasteiger partial charge in [-0.15, -0.1) is 0 Å². The van der Waals surface area contributed by atoms with Gasteiger partial charge in [0, 0.05) is 53.0 Å². The van der Waals surface area contributed by atoms with E-state index in [4.69, 9.17) is 14.2 Å². The zero-order chi connectivity index (χ0) is 50.5. The van der Waals surface area contributed by atoms with Gasteiger partial charge in [-0.05, 0) is 125 Å². The maximum absolute atomic E-state index is 13.6. The van der Waals surface area contributed by atoms with Crippen LogP contribution in [0.5, 0.6) is 0 Å². The van der Waals surface area contributed by atoms with Gasteiger partial charge in [0.2, 0.25) is 5.91 Å². The summed E-state index contributed by atoms with van der Waals surface area (Å²) in [4.78, 5) is 101. The lowest BCUT2D eigenvalue weighted by Gasteiger charge is -2.23. The molecule has 69 heavy (non-hydrogen) atoms. The number of nitrogens with zero attached hydrogens (tertiary/aromatic N) is 1. The number of hydrogen-bond acceptors (Lipinski definition) is 13. The number of hydrogen-bond donors (Lipinski definition) is 8. The van der Waals surface area contributed by atoms with Crippen LogP contribution in [0.15, 0.2) is 143 Å². The van der Waals surface area contributed by atoms with E-state index in [1.54, 1.807) is 27.7 Å². The Bertz CT molecular complexity index is 2700. The van der Waals surface area contributed by atoms with Gasteiger partial charge in [-0.2, -0.15) is 0 Å². The number of ether oxygens (including phenoxy) is 3. The molecule has 3 atom stereocenters. The van der Waals surface area contributed by atoms with Crippen LogP contribution in [0.25, 0.3) is 0 Å². The molecule has 8 N–H and O–H groups in total. The maximum atomic E-state index is 13.6. The van der Waals surface area contributed by atoms with Gasteiger partial charge >= 0.3 is 11.9 Å². The summed E-state index contributed by atoms with van der Waals surface area (Å²) in [7, 11) is 1.03. The average Bonchev–Trinajstić information content (AvgIpc) is 3.58. The molecule has 360 valence electrons. The first-order valence-corrected chi connectivity index (χ1v) is 21.0. The second kappa shape index (κ2) is 23.2. The Labute approximate surface area is 394 Å². The molecule has 2 aliphatic carbocycles. The van der Waals surface area contributed by atoms with Crippen LogP contribution in [0.2, 0.25) is 0 Å². The highest BCUT2D eigenvalue weighted by Gasteiger charge is 2.36. The summed E-state index contributed by atoms with van der Waals surface area (Å²) in [6.07, 6.45) is 4.99. The third kappa shape index (κ3) is 13.9. The van der Waals surface area contributed by atoms with Gasteiger partial charge in [0.1, 0.15) is 6.04 Å². The predicted molar refractivity (Wildman–Crippen MR) is 247 cm³/mol. The number of anilines is 2. The normalized spacial score (nSPS) is 15.4. The number of carboxylic acid groups (broad SMARTS) is 2. The van der Waals surface area contributed by atoms with E-state index in [-0.39, 0.29) is 74.6 Å². The Morgan fingerprint density at radius 3 is 1.80 bits per heavy atom. The number of nitro groups is 1. The van der Waals surface area contributed by atoms with Crippen LogP contribution >= 0.6 is 0 Å². The number of carbonyl (C=O) groups excluding carboxylic acids is 5. The van der Waals surface area contributed by atoms with Crippen molar-refractivity contribution in [1.29, 1.82) is 0 Å². The van der Waals surface area contributed by atoms with Gasteiger partial charge < -0.3 is 56.1 Å². The van der Waals surface area contributed by atoms with Crippen LogP contribution in [0.3, 0.4) is 0 Å². The van der Waals surface area contributed by atoms with E-state index < -0.39 is 76.5 Å². The topological polar surface area (TPSA) is 311 Å². The predicted octanol–water partition coefficient (Wildman–Crippen LogP) is 5.20. The molecular weight excluding hydrogens is 901 g/mol. The van der Waals surface area contributed by atoms with E-state index in [9.17, 15) is 59.0 Å². The van der Waals surface area contributed by atoms with Crippen molar-refractivity contribution in [2.24, 2.45) is 0 Å². The molecule has 0 saturated heterocycles. The summed E-state index contributed by atoms with van der Waals surface area (Å²) in [5, 5.41) is 54.6. The number of carbonyl (C=O) groups is 7. The van der Waals surface area contributed by atoms with Gasteiger partial charge in [0.15, 0.2) is 17.6 Å². The minimum atomic E-state index is -1.86. The first-order chi connectivity index (χ1) is 32.7. The van der Waals surface area contributed by atoms with Gasteiger partial charge in [-0.25, -0.2) is 9.59 Å². The molecule has 21 heteroatoms. The molecule has 0 aliphatic heterocycles. The summed E-state index contributed by atoms with van der Waals surface area (Å²) in [6.45, 7) is 6.87. The Morgan fingerprint density at radius 2 is 1.26 bits per heavy atom. The van der Waals surface area contributed by atoms with Crippen LogP contribution in [0, 0.1) is 10.1 Å². The van der Waals surface area contributed by atoms with Crippen molar-refractivity contribution < 1.29 is 68.0 Å². The number of rotatable bonds is 19. The number of methoxy groups -OCH3 is 1. The minimum Gasteiger partial charge on any atom is -0.504 e. The lowest BCUT2D eigenvalue weighted by atomic mass is 10.1. The van der Waals surface area contributed by atoms with Crippen LogP contribution in [-0.2, 0) is 33.4 Å². The Hall–Kier alpha value is -8.69. The largest absolute Gasteiger partial charge is 0.504 e. The summed E-state index contributed by atoms with van der Waals surface area (Å²) in [5.74, 6) is -7.45. The van der Waals surface area contributed by atoms with Gasteiger partial charge in [0.05, 0.1) is 40.1 Å². The van der Waals surface area contributed by atoms with E-state index in [1.165, 1.54) is 109 Å². The fourth-order valence-electron chi connectivity index (χ4n) is 6.55. The number of carboxylic acids is 2. The molecule has 0 radical (unpaired) electrons. The van der Waals surface area contributed by atoms with E-state index in [2.05, 4.69) is 26.6 Å². The van der Waals surface area contributed by atoms with Crippen molar-refractivity contribution in [3.63, 3.8) is 0 Å². The van der Waals surface area contributed by atoms with Crippen LogP contribution < -0.4 is 26.6 Å². The number of nitro benzene ring substituents is 1. The molecule has 0 spiro atoms. The van der Waals surface area contributed by atoms with Crippen molar-refractivity contribution in [1.82, 2.24) is 16.0 Å². The van der Waals surface area contributed by atoms with Gasteiger partial charge in [0.25, 0.3) is 29.3 Å². The number of amides is 5. The summed E-state index contributed by atoms with van der Waals surface area (Å²) in [6, 6.07) is 13.8. The van der Waals surface area contributed by atoms with E-state index in [0.717, 1.165) is 7.11 Å². The fraction of sp³-hybridized carbons (Fsp3) is 0.229.